The van der Waals surface area contributed by atoms with E-state index in [1.165, 1.54) is 7.11 Å². The van der Waals surface area contributed by atoms with Crippen LogP contribution in [0.3, 0.4) is 0 Å². The van der Waals surface area contributed by atoms with Gasteiger partial charge < -0.3 is 23.8 Å². The van der Waals surface area contributed by atoms with Crippen molar-refractivity contribution in [3.05, 3.63) is 36.5 Å². The molecule has 0 bridgehead atoms. The van der Waals surface area contributed by atoms with E-state index in [9.17, 15) is 4.79 Å². The molecule has 1 aromatic heterocycles. The number of carbonyl (C=O) groups is 1. The van der Waals surface area contributed by atoms with Crippen LogP contribution in [0.5, 0.6) is 23.4 Å². The van der Waals surface area contributed by atoms with Gasteiger partial charge in [0.2, 0.25) is 5.88 Å². The summed E-state index contributed by atoms with van der Waals surface area (Å²) in [5.41, 5.74) is 0. The van der Waals surface area contributed by atoms with Crippen LogP contribution < -0.4 is 18.9 Å². The smallest absolute Gasteiger partial charge is 0.319 e. The predicted octanol–water partition coefficient (Wildman–Crippen LogP) is 2.33. The lowest BCUT2D eigenvalue weighted by molar-refractivity contribution is -0.136. The Hall–Kier alpha value is -3.03. The number of carbonyl (C=O) groups excluding carboxylic acids is 1. The fraction of sp³-hybridized carbons (Fsp3) is 0.450. The third-order valence-electron chi connectivity index (χ3n) is 4.31. The molecule has 1 fully saturated rings. The molecule has 0 aliphatic carbocycles. The molecule has 0 saturated carbocycles. The zero-order valence-electron chi connectivity index (χ0n) is 16.2. The average molecular weight is 387 g/mol. The second-order valence-corrected chi connectivity index (χ2v) is 6.30. The number of piperidine rings is 1. The van der Waals surface area contributed by atoms with Crippen molar-refractivity contribution in [1.82, 2.24) is 14.9 Å². The summed E-state index contributed by atoms with van der Waals surface area (Å²) in [4.78, 5) is 22.4. The minimum Gasteiger partial charge on any atom is -0.494 e. The lowest BCUT2D eigenvalue weighted by atomic mass is 10.1. The van der Waals surface area contributed by atoms with E-state index in [2.05, 4.69) is 9.97 Å². The first-order chi connectivity index (χ1) is 13.7. The van der Waals surface area contributed by atoms with E-state index in [1.807, 2.05) is 19.1 Å². The Morgan fingerprint density at radius 2 is 1.93 bits per heavy atom. The van der Waals surface area contributed by atoms with Crippen molar-refractivity contribution in [2.45, 2.75) is 25.9 Å². The molecule has 0 radical (unpaired) electrons. The Bertz CT molecular complexity index is 769. The van der Waals surface area contributed by atoms with Gasteiger partial charge in [0.15, 0.2) is 6.61 Å². The number of nitrogens with zero attached hydrogens (tertiary/aromatic N) is 3. The van der Waals surface area contributed by atoms with Crippen LogP contribution in [0.1, 0.15) is 19.8 Å². The second kappa shape index (κ2) is 9.77. The monoisotopic (exact) mass is 387 g/mol. The highest BCUT2D eigenvalue weighted by molar-refractivity contribution is 5.77. The van der Waals surface area contributed by atoms with Crippen molar-refractivity contribution in [3.63, 3.8) is 0 Å². The third-order valence-corrected chi connectivity index (χ3v) is 4.31. The molecular formula is C20H25N3O5. The number of hydrogen-bond donors (Lipinski definition) is 0. The van der Waals surface area contributed by atoms with E-state index in [-0.39, 0.29) is 24.6 Å². The lowest BCUT2D eigenvalue weighted by Crippen LogP contribution is -2.46. The Kier molecular flexibility index (Phi) is 6.89. The normalized spacial score (nSPS) is 16.4. The molecular weight excluding hydrogens is 362 g/mol. The van der Waals surface area contributed by atoms with Crippen LogP contribution in [0.25, 0.3) is 0 Å². The molecule has 28 heavy (non-hydrogen) atoms. The Morgan fingerprint density at radius 1 is 1.18 bits per heavy atom. The van der Waals surface area contributed by atoms with Crippen LogP contribution in [0, 0.1) is 0 Å². The fourth-order valence-corrected chi connectivity index (χ4v) is 2.96. The summed E-state index contributed by atoms with van der Waals surface area (Å²) < 4.78 is 21.9. The Labute approximate surface area is 164 Å². The number of rotatable bonds is 8. The second-order valence-electron chi connectivity index (χ2n) is 6.30. The number of methoxy groups -OCH3 is 1. The third kappa shape index (κ3) is 5.48. The topological polar surface area (TPSA) is 83.0 Å². The van der Waals surface area contributed by atoms with Crippen LogP contribution in [-0.4, -0.2) is 60.3 Å². The van der Waals surface area contributed by atoms with E-state index in [4.69, 9.17) is 18.9 Å². The first-order valence-corrected chi connectivity index (χ1v) is 9.35. The van der Waals surface area contributed by atoms with E-state index in [0.717, 1.165) is 18.6 Å². The molecule has 1 aliphatic rings. The van der Waals surface area contributed by atoms with Crippen LogP contribution in [0.4, 0.5) is 0 Å². The Balaban J connectivity index is 1.49. The van der Waals surface area contributed by atoms with Gasteiger partial charge in [-0.3, -0.25) is 4.79 Å². The molecule has 2 aromatic rings. The SMILES string of the molecule is CCOc1ccc(OCC(=O)N2CCCC(Oc3ccnc(OC)n3)C2)cc1. The van der Waals surface area contributed by atoms with Gasteiger partial charge >= 0.3 is 6.01 Å². The number of ether oxygens (including phenoxy) is 4. The van der Waals surface area contributed by atoms with Crippen LogP contribution >= 0.6 is 0 Å². The van der Waals surface area contributed by atoms with Gasteiger partial charge in [0.05, 0.1) is 20.3 Å². The maximum atomic E-state index is 12.5. The molecule has 1 aromatic carbocycles. The van der Waals surface area contributed by atoms with E-state index in [0.29, 0.717) is 31.3 Å². The van der Waals surface area contributed by atoms with Crippen LogP contribution in [-0.2, 0) is 4.79 Å². The van der Waals surface area contributed by atoms with Gasteiger partial charge in [-0.05, 0) is 44.0 Å². The molecule has 2 heterocycles. The fourth-order valence-electron chi connectivity index (χ4n) is 2.96. The summed E-state index contributed by atoms with van der Waals surface area (Å²) in [6.45, 7) is 3.72. The summed E-state index contributed by atoms with van der Waals surface area (Å²) in [5, 5.41) is 0. The largest absolute Gasteiger partial charge is 0.494 e. The van der Waals surface area contributed by atoms with Crippen molar-refractivity contribution < 1.29 is 23.7 Å². The van der Waals surface area contributed by atoms with Crippen molar-refractivity contribution in [3.8, 4) is 23.4 Å². The number of aromatic nitrogens is 2. The molecule has 3 rings (SSSR count). The minimum absolute atomic E-state index is 0.0119. The molecule has 8 heteroatoms. The summed E-state index contributed by atoms with van der Waals surface area (Å²) in [5.74, 6) is 1.78. The Morgan fingerprint density at radius 3 is 2.64 bits per heavy atom. The summed E-state index contributed by atoms with van der Waals surface area (Å²) in [6, 6.07) is 9.17. The quantitative estimate of drug-likeness (QED) is 0.687. The number of likely N-dealkylation sites (tertiary alicyclic amines) is 1. The van der Waals surface area contributed by atoms with E-state index >= 15 is 0 Å². The minimum atomic E-state index is -0.122. The molecule has 1 unspecified atom stereocenters. The zero-order valence-corrected chi connectivity index (χ0v) is 16.2. The van der Waals surface area contributed by atoms with Crippen molar-refractivity contribution in [1.29, 1.82) is 0 Å². The first kappa shape index (κ1) is 19.7. The molecule has 1 saturated heterocycles. The molecule has 1 atom stereocenters. The molecule has 0 N–H and O–H groups in total. The van der Waals surface area contributed by atoms with E-state index in [1.54, 1.807) is 29.3 Å². The standard InChI is InChI=1S/C20H25N3O5/c1-3-26-15-6-8-16(9-7-15)27-14-19(24)23-12-4-5-17(13-23)28-18-10-11-21-20(22-18)25-2/h6-11,17H,3-5,12-14H2,1-2H3. The summed E-state index contributed by atoms with van der Waals surface area (Å²) in [6.07, 6.45) is 3.18. The summed E-state index contributed by atoms with van der Waals surface area (Å²) >= 11 is 0. The van der Waals surface area contributed by atoms with Gasteiger partial charge in [-0.15, -0.1) is 0 Å². The highest BCUT2D eigenvalue weighted by atomic mass is 16.5. The van der Waals surface area contributed by atoms with Crippen molar-refractivity contribution >= 4 is 5.91 Å². The highest BCUT2D eigenvalue weighted by Crippen LogP contribution is 2.20. The highest BCUT2D eigenvalue weighted by Gasteiger charge is 2.25. The van der Waals surface area contributed by atoms with Gasteiger partial charge in [-0.2, -0.15) is 4.98 Å². The number of benzene rings is 1. The van der Waals surface area contributed by atoms with Gasteiger partial charge in [-0.25, -0.2) is 4.98 Å². The van der Waals surface area contributed by atoms with Crippen molar-refractivity contribution in [2.24, 2.45) is 0 Å². The maximum absolute atomic E-state index is 12.5. The summed E-state index contributed by atoms with van der Waals surface area (Å²) in [7, 11) is 1.50. The molecule has 1 amide bonds. The van der Waals surface area contributed by atoms with E-state index < -0.39 is 0 Å². The van der Waals surface area contributed by atoms with Crippen LogP contribution in [0.15, 0.2) is 36.5 Å². The lowest BCUT2D eigenvalue weighted by Gasteiger charge is -2.32. The van der Waals surface area contributed by atoms with Gasteiger partial charge in [-0.1, -0.05) is 0 Å². The molecule has 150 valence electrons. The number of amides is 1. The molecule has 8 nitrogen and oxygen atoms in total. The average Bonchev–Trinajstić information content (AvgIpc) is 2.73. The van der Waals surface area contributed by atoms with Crippen LogP contribution in [0.2, 0.25) is 0 Å². The van der Waals surface area contributed by atoms with Gasteiger partial charge in [0, 0.05) is 18.8 Å². The molecule has 0 spiro atoms. The van der Waals surface area contributed by atoms with Crippen molar-refractivity contribution in [2.75, 3.05) is 33.4 Å². The first-order valence-electron chi connectivity index (χ1n) is 9.35. The predicted molar refractivity (Wildman–Crippen MR) is 102 cm³/mol. The zero-order chi connectivity index (χ0) is 19.8. The van der Waals surface area contributed by atoms with Gasteiger partial charge in [0.25, 0.3) is 5.91 Å². The van der Waals surface area contributed by atoms with Gasteiger partial charge in [0.1, 0.15) is 17.6 Å². The number of hydrogen-bond acceptors (Lipinski definition) is 7. The molecule has 1 aliphatic heterocycles. The maximum Gasteiger partial charge on any atom is 0.319 e.